The van der Waals surface area contributed by atoms with Crippen molar-refractivity contribution in [2.24, 2.45) is 5.10 Å². The third kappa shape index (κ3) is 3.95. The normalized spacial score (nSPS) is 14.2. The fourth-order valence-corrected chi connectivity index (χ4v) is 6.82. The first-order valence-corrected chi connectivity index (χ1v) is 11.3. The predicted molar refractivity (Wildman–Crippen MR) is 120 cm³/mol. The Bertz CT molecular complexity index is 1240. The van der Waals surface area contributed by atoms with Crippen molar-refractivity contribution in [2.75, 3.05) is 0 Å². The van der Waals surface area contributed by atoms with E-state index in [0.717, 1.165) is 20.6 Å². The number of alkyl halides is 3. The second kappa shape index (κ2) is 7.77. The Hall–Kier alpha value is -1.70. The van der Waals surface area contributed by atoms with E-state index in [1.807, 2.05) is 0 Å². The van der Waals surface area contributed by atoms with Crippen LogP contribution in [0.25, 0.3) is 15.9 Å². The number of rotatable bonds is 4. The third-order valence-electron chi connectivity index (χ3n) is 4.32. The number of benzene rings is 1. The van der Waals surface area contributed by atoms with Crippen molar-refractivity contribution >= 4 is 84.5 Å². The summed E-state index contributed by atoms with van der Waals surface area (Å²) < 4.78 is 40.8. The number of carbonyl (C=O) groups is 1. The van der Waals surface area contributed by atoms with Gasteiger partial charge in [-0.15, -0.1) is 22.7 Å². The van der Waals surface area contributed by atoms with Crippen LogP contribution >= 0.6 is 56.9 Å². The number of nitrogens with zero attached hydrogens (tertiary/aromatic N) is 3. The molecule has 1 aromatic carbocycles. The number of hydrogen-bond acceptors (Lipinski definition) is 6. The Morgan fingerprint density at radius 3 is 2.70 bits per heavy atom. The number of aliphatic carboxylic acids is 1. The maximum atomic E-state index is 13.0. The molecule has 0 aliphatic carbocycles. The van der Waals surface area contributed by atoms with E-state index in [1.54, 1.807) is 0 Å². The van der Waals surface area contributed by atoms with Crippen LogP contribution in [0.1, 0.15) is 28.1 Å². The van der Waals surface area contributed by atoms with Crippen molar-refractivity contribution in [2.45, 2.75) is 19.1 Å². The number of carboxylic acids is 1. The zero-order chi connectivity index (χ0) is 21.8. The van der Waals surface area contributed by atoms with Crippen molar-refractivity contribution in [1.82, 2.24) is 9.99 Å². The van der Waals surface area contributed by atoms with E-state index in [2.05, 4.69) is 39.3 Å². The number of thiophene rings is 1. The third-order valence-corrected chi connectivity index (χ3v) is 7.72. The summed E-state index contributed by atoms with van der Waals surface area (Å²) in [5.74, 6) is -1.05. The molecule has 4 rings (SSSR count). The Morgan fingerprint density at radius 2 is 2.03 bits per heavy atom. The van der Waals surface area contributed by atoms with Gasteiger partial charge in [-0.25, -0.2) is 4.98 Å². The predicted octanol–water partition coefficient (Wildman–Crippen LogP) is 6.30. The molecular formula is C18H10ClF3IN3O2S2. The van der Waals surface area contributed by atoms with Gasteiger partial charge in [0.2, 0.25) is 0 Å². The van der Waals surface area contributed by atoms with Gasteiger partial charge in [-0.05, 0) is 40.8 Å². The van der Waals surface area contributed by atoms with E-state index < -0.39 is 17.7 Å². The highest BCUT2D eigenvalue weighted by Gasteiger charge is 2.32. The zero-order valence-electron chi connectivity index (χ0n) is 14.8. The molecule has 0 saturated heterocycles. The van der Waals surface area contributed by atoms with Crippen LogP contribution in [0.3, 0.4) is 0 Å². The fraction of sp³-hybridized carbons (Fsp3) is 0.167. The molecular weight excluding hydrogens is 574 g/mol. The maximum absolute atomic E-state index is 13.0. The lowest BCUT2D eigenvalue weighted by Gasteiger charge is -2.27. The molecule has 3 heterocycles. The average Bonchev–Trinajstić information content (AvgIpc) is 3.16. The topological polar surface area (TPSA) is 65.8 Å². The van der Waals surface area contributed by atoms with E-state index >= 15 is 0 Å². The summed E-state index contributed by atoms with van der Waals surface area (Å²) in [4.78, 5) is 15.6. The lowest BCUT2D eigenvalue weighted by molar-refractivity contribution is -0.137. The Balaban J connectivity index is 1.71. The van der Waals surface area contributed by atoms with Gasteiger partial charge in [0.15, 0.2) is 0 Å². The molecule has 0 fully saturated rings. The molecule has 0 unspecified atom stereocenters. The quantitative estimate of drug-likeness (QED) is 0.366. The van der Waals surface area contributed by atoms with Gasteiger partial charge in [-0.3, -0.25) is 9.80 Å². The van der Waals surface area contributed by atoms with E-state index in [0.29, 0.717) is 31.0 Å². The summed E-state index contributed by atoms with van der Waals surface area (Å²) in [6, 6.07) is 3.43. The number of hydrazone groups is 1. The van der Waals surface area contributed by atoms with Crippen molar-refractivity contribution in [3.63, 3.8) is 0 Å². The van der Waals surface area contributed by atoms with Crippen molar-refractivity contribution in [3.8, 4) is 0 Å². The molecule has 0 bridgehead atoms. The first-order chi connectivity index (χ1) is 14.0. The van der Waals surface area contributed by atoms with Gasteiger partial charge in [-0.2, -0.15) is 18.3 Å². The van der Waals surface area contributed by atoms with Crippen LogP contribution < -0.4 is 0 Å². The van der Waals surface area contributed by atoms with Crippen LogP contribution in [-0.2, 0) is 17.5 Å². The van der Waals surface area contributed by atoms with Gasteiger partial charge in [0.1, 0.15) is 9.34 Å². The summed E-state index contributed by atoms with van der Waals surface area (Å²) in [7, 11) is 0. The monoisotopic (exact) mass is 583 g/mol. The Morgan fingerprint density at radius 1 is 1.30 bits per heavy atom. The minimum atomic E-state index is -4.44. The van der Waals surface area contributed by atoms with Crippen molar-refractivity contribution in [3.05, 3.63) is 53.7 Å². The fourth-order valence-electron chi connectivity index (χ4n) is 3.02. The largest absolute Gasteiger partial charge is 0.481 e. The van der Waals surface area contributed by atoms with Crippen LogP contribution in [-0.4, -0.2) is 26.8 Å². The standard InChI is InChI=1S/C18H10ClF3IN3O2S2/c1-7-14-15(16(19)30-17(14)23)10(5-13(27)28)25-26(7)6-12-24-9-4-8(18(20,21)22)2-3-11(9)29-12/h2-4H,1,5-6H2,(H,27,28). The number of fused-ring (bicyclic) bond motifs is 2. The first kappa shape index (κ1) is 21.5. The first-order valence-electron chi connectivity index (χ1n) is 8.25. The smallest absolute Gasteiger partial charge is 0.416 e. The van der Waals surface area contributed by atoms with Gasteiger partial charge in [0.05, 0.1) is 43.0 Å². The molecule has 30 heavy (non-hydrogen) atoms. The van der Waals surface area contributed by atoms with Gasteiger partial charge in [0.25, 0.3) is 0 Å². The van der Waals surface area contributed by atoms with Crippen molar-refractivity contribution in [1.29, 1.82) is 0 Å². The number of carboxylic acid groups (broad SMARTS) is 1. The maximum Gasteiger partial charge on any atom is 0.416 e. The average molecular weight is 584 g/mol. The Labute approximate surface area is 194 Å². The second-order valence-corrected chi connectivity index (χ2v) is 10.9. The summed E-state index contributed by atoms with van der Waals surface area (Å²) in [6.45, 7) is 4.21. The minimum absolute atomic E-state index is 0.144. The van der Waals surface area contributed by atoms with E-state index in [4.69, 9.17) is 11.6 Å². The van der Waals surface area contributed by atoms with Gasteiger partial charge in [-0.1, -0.05) is 18.2 Å². The molecule has 0 amide bonds. The SMILES string of the molecule is C=C1c2c(I)sc(Cl)c2C(CC(=O)O)=NN1Cc1nc2cc(C(F)(F)F)ccc2s1. The van der Waals surface area contributed by atoms with Crippen molar-refractivity contribution < 1.29 is 23.1 Å². The highest BCUT2D eigenvalue weighted by Crippen LogP contribution is 2.43. The zero-order valence-corrected chi connectivity index (χ0v) is 19.3. The lowest BCUT2D eigenvalue weighted by Crippen LogP contribution is -2.25. The molecule has 156 valence electrons. The van der Waals surface area contributed by atoms with E-state index in [1.165, 1.54) is 33.7 Å². The van der Waals surface area contributed by atoms with E-state index in [-0.39, 0.29) is 18.5 Å². The molecule has 2 aromatic heterocycles. The number of thiazole rings is 1. The molecule has 1 aliphatic rings. The minimum Gasteiger partial charge on any atom is -0.481 e. The summed E-state index contributed by atoms with van der Waals surface area (Å²) >= 11 is 11.0. The molecule has 1 aliphatic heterocycles. The molecule has 0 radical (unpaired) electrons. The van der Waals surface area contributed by atoms with Gasteiger partial charge in [0, 0.05) is 11.1 Å². The number of halogens is 5. The highest BCUT2D eigenvalue weighted by atomic mass is 127. The highest BCUT2D eigenvalue weighted by molar-refractivity contribution is 14.1. The van der Waals surface area contributed by atoms with Crippen LogP contribution in [0.2, 0.25) is 4.34 Å². The molecule has 0 spiro atoms. The van der Waals surface area contributed by atoms with Crippen LogP contribution in [0.5, 0.6) is 0 Å². The Kier molecular flexibility index (Phi) is 5.58. The van der Waals surface area contributed by atoms with Gasteiger partial charge >= 0.3 is 12.1 Å². The summed E-state index contributed by atoms with van der Waals surface area (Å²) in [5, 5.41) is 15.7. The summed E-state index contributed by atoms with van der Waals surface area (Å²) in [5.41, 5.74) is 1.60. The van der Waals surface area contributed by atoms with Gasteiger partial charge < -0.3 is 5.11 Å². The van der Waals surface area contributed by atoms with Crippen LogP contribution in [0, 0.1) is 2.88 Å². The van der Waals surface area contributed by atoms with E-state index in [9.17, 15) is 23.1 Å². The molecule has 12 heteroatoms. The molecule has 1 N–H and O–H groups in total. The molecule has 0 atom stereocenters. The van der Waals surface area contributed by atoms with Crippen LogP contribution in [0.4, 0.5) is 13.2 Å². The molecule has 3 aromatic rings. The van der Waals surface area contributed by atoms with Crippen LogP contribution in [0.15, 0.2) is 29.9 Å². The summed E-state index contributed by atoms with van der Waals surface area (Å²) in [6.07, 6.45) is -4.77. The number of hydrogen-bond donors (Lipinski definition) is 1. The number of aromatic nitrogens is 1. The second-order valence-electron chi connectivity index (χ2n) is 6.31. The molecule has 0 saturated carbocycles. The lowest BCUT2D eigenvalue weighted by atomic mass is 10.0. The molecule has 5 nitrogen and oxygen atoms in total.